The van der Waals surface area contributed by atoms with E-state index in [0.29, 0.717) is 6.07 Å². The third kappa shape index (κ3) is 2.66. The molecule has 18 heavy (non-hydrogen) atoms. The van der Waals surface area contributed by atoms with Crippen LogP contribution in [-0.2, 0) is 10.9 Å². The third-order valence-electron chi connectivity index (χ3n) is 1.91. The van der Waals surface area contributed by atoms with E-state index < -0.39 is 41.3 Å². The van der Waals surface area contributed by atoms with Gasteiger partial charge in [-0.1, -0.05) is 0 Å². The van der Waals surface area contributed by atoms with Crippen LogP contribution in [-0.4, -0.2) is 23.2 Å². The summed E-state index contributed by atoms with van der Waals surface area (Å²) in [7, 11) is 0.831. The zero-order valence-corrected chi connectivity index (χ0v) is 8.76. The van der Waals surface area contributed by atoms with Crippen LogP contribution < -0.4 is 0 Å². The molecule has 0 aliphatic carbocycles. The monoisotopic (exact) mass is 271 g/mol. The molecule has 0 radical (unpaired) electrons. The molecule has 4 nitrogen and oxygen atoms in total. The molecule has 100 valence electrons. The second-order valence-electron chi connectivity index (χ2n) is 3.08. The van der Waals surface area contributed by atoms with Crippen molar-refractivity contribution in [3.05, 3.63) is 23.0 Å². The Balaban J connectivity index is 3.53. The number of aromatic nitrogens is 1. The summed E-state index contributed by atoms with van der Waals surface area (Å²) in [6.45, 7) is 0. The van der Waals surface area contributed by atoms with E-state index in [4.69, 9.17) is 0 Å². The van der Waals surface area contributed by atoms with Gasteiger partial charge in [0.15, 0.2) is 11.4 Å². The Kier molecular flexibility index (Phi) is 3.73. The quantitative estimate of drug-likeness (QED) is 0.663. The number of aromatic hydroxyl groups is 1. The minimum absolute atomic E-state index is 0.348. The fraction of sp³-hybridized carbons (Fsp3) is 0.333. The number of hydrogen-bond acceptors (Lipinski definition) is 4. The first-order valence-electron chi connectivity index (χ1n) is 4.36. The van der Waals surface area contributed by atoms with Crippen molar-refractivity contribution in [2.75, 3.05) is 7.11 Å². The molecule has 0 aromatic carbocycles. The largest absolute Gasteiger partial charge is 0.505 e. The minimum atomic E-state index is -5.17. The second-order valence-corrected chi connectivity index (χ2v) is 3.08. The number of hydrogen-bond donors (Lipinski definition) is 1. The molecule has 9 heteroatoms. The van der Waals surface area contributed by atoms with Gasteiger partial charge in [0.2, 0.25) is 0 Å². The minimum Gasteiger partial charge on any atom is -0.505 e. The van der Waals surface area contributed by atoms with E-state index in [9.17, 15) is 31.9 Å². The van der Waals surface area contributed by atoms with E-state index in [2.05, 4.69) is 9.72 Å². The molecule has 1 aromatic rings. The first-order chi connectivity index (χ1) is 8.18. The van der Waals surface area contributed by atoms with Crippen LogP contribution in [0.3, 0.4) is 0 Å². The number of nitrogens with zero attached hydrogens (tertiary/aromatic N) is 1. The molecule has 0 unspecified atom stereocenters. The lowest BCUT2D eigenvalue weighted by Crippen LogP contribution is -2.14. The molecule has 0 atom stereocenters. The zero-order valence-electron chi connectivity index (χ0n) is 8.76. The summed E-state index contributed by atoms with van der Waals surface area (Å²) >= 11 is 0. The average molecular weight is 271 g/mol. The number of methoxy groups -OCH3 is 1. The van der Waals surface area contributed by atoms with Gasteiger partial charge in [-0.05, 0) is 6.07 Å². The van der Waals surface area contributed by atoms with Gasteiger partial charge in [0.1, 0.15) is 11.3 Å². The van der Waals surface area contributed by atoms with E-state index >= 15 is 0 Å². The molecule has 0 aliphatic heterocycles. The predicted molar refractivity (Wildman–Crippen MR) is 47.2 cm³/mol. The SMILES string of the molecule is COC(=O)c1cc(C(F)F)nc(C(F)(F)F)c1O. The molecule has 0 amide bonds. The highest BCUT2D eigenvalue weighted by Crippen LogP contribution is 2.37. The lowest BCUT2D eigenvalue weighted by molar-refractivity contribution is -0.142. The van der Waals surface area contributed by atoms with E-state index in [0.717, 1.165) is 7.11 Å². The molecular weight excluding hydrogens is 265 g/mol. The van der Waals surface area contributed by atoms with Gasteiger partial charge in [-0.15, -0.1) is 0 Å². The summed E-state index contributed by atoms with van der Waals surface area (Å²) in [5, 5.41) is 9.20. The Bertz CT molecular complexity index is 472. The molecular formula is C9H6F5NO3. The van der Waals surface area contributed by atoms with Crippen LogP contribution >= 0.6 is 0 Å². The Morgan fingerprint density at radius 1 is 1.44 bits per heavy atom. The highest BCUT2D eigenvalue weighted by atomic mass is 19.4. The Labute approximate surface area is 97.0 Å². The molecule has 0 fully saturated rings. The maximum atomic E-state index is 12.4. The van der Waals surface area contributed by atoms with Crippen molar-refractivity contribution >= 4 is 5.97 Å². The fourth-order valence-corrected chi connectivity index (χ4v) is 1.13. The first-order valence-corrected chi connectivity index (χ1v) is 4.36. The second kappa shape index (κ2) is 4.75. The topological polar surface area (TPSA) is 59.4 Å². The van der Waals surface area contributed by atoms with Crippen molar-refractivity contribution in [3.8, 4) is 5.75 Å². The van der Waals surface area contributed by atoms with Gasteiger partial charge in [0.05, 0.1) is 7.11 Å². The van der Waals surface area contributed by atoms with Crippen molar-refractivity contribution in [1.82, 2.24) is 4.98 Å². The summed E-state index contributed by atoms with van der Waals surface area (Å²) in [6.07, 6.45) is -8.49. The Morgan fingerprint density at radius 3 is 2.39 bits per heavy atom. The van der Waals surface area contributed by atoms with Crippen molar-refractivity contribution in [3.63, 3.8) is 0 Å². The first kappa shape index (κ1) is 14.1. The highest BCUT2D eigenvalue weighted by molar-refractivity contribution is 5.92. The van der Waals surface area contributed by atoms with Gasteiger partial charge in [-0.3, -0.25) is 0 Å². The molecule has 0 saturated carbocycles. The number of esters is 1. The molecule has 1 N–H and O–H groups in total. The maximum absolute atomic E-state index is 12.4. The standard InChI is InChI=1S/C9H6F5NO3/c1-18-8(17)3-2-4(7(10)11)15-6(5(3)16)9(12,13)14/h2,7,16H,1H3. The highest BCUT2D eigenvalue weighted by Gasteiger charge is 2.39. The van der Waals surface area contributed by atoms with E-state index in [-0.39, 0.29) is 0 Å². The maximum Gasteiger partial charge on any atom is 0.437 e. The van der Waals surface area contributed by atoms with Crippen LogP contribution in [0.1, 0.15) is 28.2 Å². The van der Waals surface area contributed by atoms with E-state index in [1.165, 1.54) is 0 Å². The zero-order chi connectivity index (χ0) is 14.1. The molecule has 0 bridgehead atoms. The smallest absolute Gasteiger partial charge is 0.437 e. The molecule has 1 heterocycles. The molecule has 1 rings (SSSR count). The van der Waals surface area contributed by atoms with Crippen LogP contribution in [0.5, 0.6) is 5.75 Å². The van der Waals surface area contributed by atoms with Crippen LogP contribution in [0.25, 0.3) is 0 Å². The lowest BCUT2D eigenvalue weighted by Gasteiger charge is -2.12. The van der Waals surface area contributed by atoms with Crippen LogP contribution in [0.15, 0.2) is 6.07 Å². The summed E-state index contributed by atoms with van der Waals surface area (Å²) < 4.78 is 66.0. The van der Waals surface area contributed by atoms with Gasteiger partial charge in [0, 0.05) is 0 Å². The van der Waals surface area contributed by atoms with Crippen LogP contribution in [0.4, 0.5) is 22.0 Å². The van der Waals surface area contributed by atoms with Crippen LogP contribution in [0.2, 0.25) is 0 Å². The summed E-state index contributed by atoms with van der Waals surface area (Å²) in [5.41, 5.74) is -4.25. The van der Waals surface area contributed by atoms with Crippen molar-refractivity contribution in [1.29, 1.82) is 0 Å². The molecule has 0 saturated heterocycles. The Morgan fingerprint density at radius 2 is 2.00 bits per heavy atom. The van der Waals surface area contributed by atoms with Crippen molar-refractivity contribution < 1.29 is 36.6 Å². The van der Waals surface area contributed by atoms with Gasteiger partial charge < -0.3 is 9.84 Å². The number of halogens is 5. The Hall–Kier alpha value is -1.93. The summed E-state index contributed by atoms with van der Waals surface area (Å²) in [6, 6.07) is 0.348. The summed E-state index contributed by atoms with van der Waals surface area (Å²) in [5.74, 6) is -2.92. The number of pyridine rings is 1. The third-order valence-corrected chi connectivity index (χ3v) is 1.91. The molecule has 0 aliphatic rings. The van der Waals surface area contributed by atoms with Gasteiger partial charge in [-0.2, -0.15) is 13.2 Å². The van der Waals surface area contributed by atoms with Crippen LogP contribution in [0, 0.1) is 0 Å². The van der Waals surface area contributed by atoms with E-state index in [1.54, 1.807) is 0 Å². The van der Waals surface area contributed by atoms with Gasteiger partial charge >= 0.3 is 12.1 Å². The van der Waals surface area contributed by atoms with Gasteiger partial charge in [0.25, 0.3) is 6.43 Å². The fourth-order valence-electron chi connectivity index (χ4n) is 1.13. The van der Waals surface area contributed by atoms with Crippen molar-refractivity contribution in [2.45, 2.75) is 12.6 Å². The lowest BCUT2D eigenvalue weighted by atomic mass is 10.1. The summed E-state index contributed by atoms with van der Waals surface area (Å²) in [4.78, 5) is 13.7. The van der Waals surface area contributed by atoms with Crippen molar-refractivity contribution in [2.24, 2.45) is 0 Å². The number of carbonyl (C=O) groups excluding carboxylic acids is 1. The molecule has 1 aromatic heterocycles. The predicted octanol–water partition coefficient (Wildman–Crippen LogP) is 2.53. The number of carbonyl (C=O) groups is 1. The number of alkyl halides is 5. The number of ether oxygens (including phenoxy) is 1. The molecule has 0 spiro atoms. The average Bonchev–Trinajstić information content (AvgIpc) is 2.26. The number of rotatable bonds is 2. The van der Waals surface area contributed by atoms with Gasteiger partial charge in [-0.25, -0.2) is 18.6 Å². The normalized spacial score (nSPS) is 11.7. The van der Waals surface area contributed by atoms with E-state index in [1.807, 2.05) is 0 Å².